The third-order valence-electron chi connectivity index (χ3n) is 3.78. The van der Waals surface area contributed by atoms with E-state index >= 15 is 0 Å². The van der Waals surface area contributed by atoms with E-state index in [9.17, 15) is 9.59 Å². The van der Waals surface area contributed by atoms with Crippen molar-refractivity contribution in [3.8, 4) is 0 Å². The number of hydrogen-bond acceptors (Lipinski definition) is 4. The molecule has 0 radical (unpaired) electrons. The predicted octanol–water partition coefficient (Wildman–Crippen LogP) is 6.20. The molecule has 4 nitrogen and oxygen atoms in total. The van der Waals surface area contributed by atoms with Gasteiger partial charge in [0, 0.05) is 0 Å². The van der Waals surface area contributed by atoms with Gasteiger partial charge in [-0.25, -0.2) is 0 Å². The number of ether oxygens (including phenoxy) is 2. The zero-order valence-electron chi connectivity index (χ0n) is 17.9. The molecule has 152 valence electrons. The van der Waals surface area contributed by atoms with Crippen LogP contribution in [0.1, 0.15) is 80.1 Å². The third kappa shape index (κ3) is 17.1. The van der Waals surface area contributed by atoms with Crippen LogP contribution in [0.15, 0.2) is 46.8 Å². The van der Waals surface area contributed by atoms with Gasteiger partial charge in [-0.15, -0.1) is 0 Å². The van der Waals surface area contributed by atoms with E-state index in [1.165, 1.54) is 23.0 Å². The minimum absolute atomic E-state index is 0.0276. The fourth-order valence-electron chi connectivity index (χ4n) is 2.12. The van der Waals surface area contributed by atoms with Crippen LogP contribution in [-0.2, 0) is 19.1 Å². The highest BCUT2D eigenvalue weighted by molar-refractivity contribution is 5.78. The Kier molecular flexibility index (Phi) is 13.8. The Hall–Kier alpha value is -2.10. The largest absolute Gasteiger partial charge is 0.461 e. The molecule has 0 heterocycles. The minimum atomic E-state index is -0.415. The van der Waals surface area contributed by atoms with Crippen LogP contribution in [0.3, 0.4) is 0 Å². The summed E-state index contributed by atoms with van der Waals surface area (Å²) in [4.78, 5) is 23.4. The molecule has 27 heavy (non-hydrogen) atoms. The highest BCUT2D eigenvalue weighted by Crippen LogP contribution is 2.08. The Labute approximate surface area is 165 Å². The molecule has 0 spiro atoms. The lowest BCUT2D eigenvalue weighted by Gasteiger charge is -2.04. The molecule has 0 unspecified atom stereocenters. The average Bonchev–Trinajstić information content (AvgIpc) is 2.57. The van der Waals surface area contributed by atoms with Gasteiger partial charge in [0.15, 0.2) is 0 Å². The lowest BCUT2D eigenvalue weighted by molar-refractivity contribution is -0.147. The molecule has 0 aliphatic rings. The maximum atomic E-state index is 11.7. The molecule has 0 aliphatic heterocycles. The van der Waals surface area contributed by atoms with Gasteiger partial charge >= 0.3 is 11.9 Å². The number of rotatable bonds is 12. The Balaban J connectivity index is 3.98. The number of carbonyl (C=O) groups excluding carboxylic acids is 2. The van der Waals surface area contributed by atoms with E-state index in [0.717, 1.165) is 31.3 Å². The van der Waals surface area contributed by atoms with Crippen LogP contribution in [0.25, 0.3) is 0 Å². The average molecular weight is 377 g/mol. The molecule has 0 saturated carbocycles. The van der Waals surface area contributed by atoms with Crippen LogP contribution >= 0.6 is 0 Å². The number of carbonyl (C=O) groups is 2. The number of hydrogen-bond donors (Lipinski definition) is 0. The zero-order chi connectivity index (χ0) is 20.7. The molecule has 0 rings (SSSR count). The fraction of sp³-hybridized carbons (Fsp3) is 0.565. The quantitative estimate of drug-likeness (QED) is 0.231. The van der Waals surface area contributed by atoms with Crippen LogP contribution in [0, 0.1) is 0 Å². The van der Waals surface area contributed by atoms with Crippen LogP contribution in [-0.4, -0.2) is 18.5 Å². The molecule has 0 amide bonds. The van der Waals surface area contributed by atoms with Crippen LogP contribution in [0.2, 0.25) is 0 Å². The van der Waals surface area contributed by atoms with Gasteiger partial charge in [0.25, 0.3) is 0 Å². The van der Waals surface area contributed by atoms with Crippen LogP contribution in [0.4, 0.5) is 0 Å². The van der Waals surface area contributed by atoms with Gasteiger partial charge < -0.3 is 9.47 Å². The lowest BCUT2D eigenvalue weighted by Crippen LogP contribution is -2.09. The monoisotopic (exact) mass is 376 g/mol. The summed E-state index contributed by atoms with van der Waals surface area (Å²) in [6.45, 7) is 12.5. The minimum Gasteiger partial charge on any atom is -0.461 e. The maximum Gasteiger partial charge on any atom is 0.311 e. The lowest BCUT2D eigenvalue weighted by atomic mass is 10.1. The Morgan fingerprint density at radius 3 is 1.74 bits per heavy atom. The summed E-state index contributed by atoms with van der Waals surface area (Å²) in [6, 6.07) is 0. The standard InChI is InChI=1S/C23H36O4/c1-18(2)9-7-11-20(5)15-16-26-22(24)13-14-23(25)27-17-21(6)12-8-10-19(3)4/h9-10,15,17H,7-8,11-14,16H2,1-6H3/b20-15+,21-17+. The van der Waals surface area contributed by atoms with E-state index in [0.29, 0.717) is 0 Å². The first-order valence-electron chi connectivity index (χ1n) is 9.63. The predicted molar refractivity (Wildman–Crippen MR) is 111 cm³/mol. The Bertz CT molecular complexity index is 583. The zero-order valence-corrected chi connectivity index (χ0v) is 17.9. The molecule has 0 aromatic heterocycles. The van der Waals surface area contributed by atoms with Gasteiger partial charge in [-0.1, -0.05) is 28.9 Å². The van der Waals surface area contributed by atoms with Gasteiger partial charge in [0.2, 0.25) is 0 Å². The van der Waals surface area contributed by atoms with E-state index in [1.54, 1.807) is 0 Å². The van der Waals surface area contributed by atoms with Crippen molar-refractivity contribution in [3.05, 3.63) is 46.8 Å². The van der Waals surface area contributed by atoms with E-state index in [2.05, 4.69) is 39.8 Å². The number of esters is 2. The summed E-state index contributed by atoms with van der Waals surface area (Å²) < 4.78 is 10.2. The molecule has 0 saturated heterocycles. The first-order chi connectivity index (χ1) is 12.7. The Morgan fingerprint density at radius 1 is 0.667 bits per heavy atom. The molecule has 0 fully saturated rings. The normalized spacial score (nSPS) is 11.6. The topological polar surface area (TPSA) is 52.6 Å². The molecule has 0 aliphatic carbocycles. The second kappa shape index (κ2) is 15.0. The van der Waals surface area contributed by atoms with E-state index < -0.39 is 5.97 Å². The molecular weight excluding hydrogens is 340 g/mol. The van der Waals surface area contributed by atoms with Crippen molar-refractivity contribution in [2.24, 2.45) is 0 Å². The molecular formula is C23H36O4. The van der Waals surface area contributed by atoms with Crippen LogP contribution < -0.4 is 0 Å². The molecule has 0 bridgehead atoms. The Morgan fingerprint density at radius 2 is 1.19 bits per heavy atom. The van der Waals surface area contributed by atoms with Crippen molar-refractivity contribution < 1.29 is 19.1 Å². The smallest absolute Gasteiger partial charge is 0.311 e. The van der Waals surface area contributed by atoms with Gasteiger partial charge in [0.05, 0.1) is 19.1 Å². The van der Waals surface area contributed by atoms with Gasteiger partial charge in [-0.3, -0.25) is 9.59 Å². The summed E-state index contributed by atoms with van der Waals surface area (Å²) in [5, 5.41) is 0. The number of allylic oxidation sites excluding steroid dienone is 6. The molecule has 0 N–H and O–H groups in total. The summed E-state index contributed by atoms with van der Waals surface area (Å²) in [5.41, 5.74) is 4.76. The van der Waals surface area contributed by atoms with Crippen molar-refractivity contribution >= 4 is 11.9 Å². The third-order valence-corrected chi connectivity index (χ3v) is 3.78. The van der Waals surface area contributed by atoms with E-state index in [4.69, 9.17) is 9.47 Å². The van der Waals surface area contributed by atoms with E-state index in [-0.39, 0.29) is 25.4 Å². The van der Waals surface area contributed by atoms with Gasteiger partial charge in [-0.05, 0) is 78.9 Å². The summed E-state index contributed by atoms with van der Waals surface area (Å²) in [6.07, 6.45) is 11.5. The summed E-state index contributed by atoms with van der Waals surface area (Å²) >= 11 is 0. The van der Waals surface area contributed by atoms with Crippen molar-refractivity contribution in [3.63, 3.8) is 0 Å². The van der Waals surface area contributed by atoms with Crippen LogP contribution in [0.5, 0.6) is 0 Å². The van der Waals surface area contributed by atoms with Crippen molar-refractivity contribution in [1.82, 2.24) is 0 Å². The molecule has 0 atom stereocenters. The second-order valence-corrected chi connectivity index (χ2v) is 7.33. The SMILES string of the molecule is CC(C)=CCC/C(C)=C/COC(=O)CCC(=O)O/C=C(\C)CCC=C(C)C. The van der Waals surface area contributed by atoms with E-state index in [1.807, 2.05) is 19.9 Å². The first-order valence-corrected chi connectivity index (χ1v) is 9.63. The van der Waals surface area contributed by atoms with Crippen molar-refractivity contribution in [2.45, 2.75) is 80.1 Å². The summed E-state index contributed by atoms with van der Waals surface area (Å²) in [5.74, 6) is -0.800. The second-order valence-electron chi connectivity index (χ2n) is 7.33. The highest BCUT2D eigenvalue weighted by atomic mass is 16.5. The van der Waals surface area contributed by atoms with Crippen molar-refractivity contribution in [1.29, 1.82) is 0 Å². The first kappa shape index (κ1) is 24.9. The summed E-state index contributed by atoms with van der Waals surface area (Å²) in [7, 11) is 0. The fourth-order valence-corrected chi connectivity index (χ4v) is 2.12. The van der Waals surface area contributed by atoms with Gasteiger partial charge in [-0.2, -0.15) is 0 Å². The molecule has 4 heteroatoms. The molecule has 0 aromatic carbocycles. The maximum absolute atomic E-state index is 11.7. The van der Waals surface area contributed by atoms with Gasteiger partial charge in [0.1, 0.15) is 6.61 Å². The van der Waals surface area contributed by atoms with Crippen molar-refractivity contribution in [2.75, 3.05) is 6.61 Å². The highest BCUT2D eigenvalue weighted by Gasteiger charge is 2.08. The molecule has 0 aromatic rings.